The first-order valence-electron chi connectivity index (χ1n) is 16.3. The second-order valence-electron chi connectivity index (χ2n) is 12.5. The third-order valence-corrected chi connectivity index (χ3v) is 8.55. The van der Waals surface area contributed by atoms with Crippen LogP contribution in [-0.4, -0.2) is 25.3 Å². The van der Waals surface area contributed by atoms with Crippen LogP contribution in [0.1, 0.15) is 116 Å². The lowest BCUT2D eigenvalue weighted by atomic mass is 9.81. The van der Waals surface area contributed by atoms with Crippen LogP contribution in [0.5, 0.6) is 5.75 Å². The Hall–Kier alpha value is -2.11. The number of halogens is 2. The van der Waals surface area contributed by atoms with Crippen LogP contribution >= 0.6 is 11.6 Å². The third-order valence-electron chi connectivity index (χ3n) is 8.24. The van der Waals surface area contributed by atoms with Crippen molar-refractivity contribution in [3.8, 4) is 5.75 Å². The summed E-state index contributed by atoms with van der Waals surface area (Å²) in [5.41, 5.74) is 4.50. The van der Waals surface area contributed by atoms with Gasteiger partial charge in [0, 0.05) is 23.6 Å². The number of rotatable bonds is 19. The van der Waals surface area contributed by atoms with Crippen LogP contribution in [0.15, 0.2) is 54.1 Å². The maximum absolute atomic E-state index is 12.6. The van der Waals surface area contributed by atoms with Crippen LogP contribution in [0.3, 0.4) is 0 Å². The van der Waals surface area contributed by atoms with E-state index in [2.05, 4.69) is 62.3 Å². The summed E-state index contributed by atoms with van der Waals surface area (Å²) in [4.78, 5) is 17.9. The van der Waals surface area contributed by atoms with E-state index in [1.54, 1.807) is 6.92 Å². The van der Waals surface area contributed by atoms with Gasteiger partial charge in [0.2, 0.25) is 5.91 Å². The second-order valence-corrected chi connectivity index (χ2v) is 12.9. The van der Waals surface area contributed by atoms with Crippen LogP contribution < -0.4 is 31.6 Å². The molecule has 238 valence electrons. The van der Waals surface area contributed by atoms with Crippen molar-refractivity contribution < 1.29 is 31.5 Å². The number of amides is 1. The van der Waals surface area contributed by atoms with Crippen molar-refractivity contribution in [1.29, 1.82) is 0 Å². The Bertz CT molecular complexity index is 1160. The van der Waals surface area contributed by atoms with Gasteiger partial charge in [-0.15, -0.1) is 0 Å². The molecule has 2 aromatic carbocycles. The van der Waals surface area contributed by atoms with Crippen molar-refractivity contribution in [2.75, 3.05) is 18.1 Å². The van der Waals surface area contributed by atoms with Gasteiger partial charge >= 0.3 is 0 Å². The van der Waals surface area contributed by atoms with E-state index in [1.165, 1.54) is 81.8 Å². The molecule has 0 radical (unpaired) electrons. The predicted molar refractivity (Wildman–Crippen MR) is 179 cm³/mol. The number of unbranched alkanes of at least 4 members (excludes halogenated alkanes) is 11. The number of carbonyl (C=O) groups excluding carboxylic acids is 1. The number of nitrogens with zero attached hydrogens (tertiary/aromatic N) is 1. The third kappa shape index (κ3) is 13.6. The van der Waals surface area contributed by atoms with E-state index in [9.17, 15) is 4.79 Å². The Labute approximate surface area is 277 Å². The summed E-state index contributed by atoms with van der Waals surface area (Å²) in [6, 6.07) is 14.2. The zero-order valence-corrected chi connectivity index (χ0v) is 29.4. The van der Waals surface area contributed by atoms with Gasteiger partial charge in [-0.3, -0.25) is 4.79 Å². The molecule has 43 heavy (non-hydrogen) atoms. The lowest BCUT2D eigenvalue weighted by Crippen LogP contribution is -3.00. The molecule has 0 saturated carbocycles. The highest BCUT2D eigenvalue weighted by Crippen LogP contribution is 2.29. The zero-order chi connectivity index (χ0) is 30.2. The van der Waals surface area contributed by atoms with E-state index in [4.69, 9.17) is 16.3 Å². The summed E-state index contributed by atoms with van der Waals surface area (Å²) in [6.07, 6.45) is 21.2. The highest BCUT2D eigenvalue weighted by molar-refractivity contribution is 6.32. The van der Waals surface area contributed by atoms with Gasteiger partial charge in [-0.25, -0.2) is 4.99 Å². The van der Waals surface area contributed by atoms with Crippen LogP contribution in [0.25, 0.3) is 0 Å². The molecule has 1 N–H and O–H groups in total. The smallest absolute Gasteiger partial charge is 0.224 e. The molecular formula is C37H54BrClN2O2. The summed E-state index contributed by atoms with van der Waals surface area (Å²) in [6.45, 7) is 10.4. The number of hydrogen-bond acceptors (Lipinski definition) is 2. The Morgan fingerprint density at radius 3 is 2.07 bits per heavy atom. The first kappa shape index (κ1) is 37.1. The van der Waals surface area contributed by atoms with Crippen LogP contribution in [-0.2, 0) is 17.8 Å². The van der Waals surface area contributed by atoms with E-state index in [0.717, 1.165) is 30.6 Å². The molecule has 0 fully saturated rings. The molecule has 4 nitrogen and oxygen atoms in total. The average molecular weight is 674 g/mol. The van der Waals surface area contributed by atoms with Gasteiger partial charge in [0.05, 0.1) is 18.2 Å². The molecule has 1 unspecified atom stereocenters. The fraction of sp³-hybridized carbons (Fsp3) is 0.568. The Morgan fingerprint density at radius 1 is 0.907 bits per heavy atom. The van der Waals surface area contributed by atoms with Crippen molar-refractivity contribution in [3.05, 3.63) is 70.3 Å². The standard InChI is InChI=1S/C37H53ClN2O2.BrH/c1-5-6-7-8-9-10-11-12-13-14-15-16-23-42-36-24-33(19-22-35(36)38)28-40(31(3)41)34-20-17-32(18-21-34)26-37(4)25-30(2)27-39-29-37;/h17-22,24-25,27H,5-16,23,26,28-29H2,1-4H3;1H. The molecule has 3 rings (SSSR count). The molecular weight excluding hydrogens is 620 g/mol. The summed E-state index contributed by atoms with van der Waals surface area (Å²) < 4.78 is 6.07. The zero-order valence-electron chi connectivity index (χ0n) is 27.0. The molecule has 1 atom stereocenters. The van der Waals surface area contributed by atoms with Crippen molar-refractivity contribution in [1.82, 2.24) is 0 Å². The molecule has 1 aliphatic heterocycles. The van der Waals surface area contributed by atoms with Gasteiger partial charge in [-0.2, -0.15) is 0 Å². The Morgan fingerprint density at radius 2 is 1.49 bits per heavy atom. The lowest BCUT2D eigenvalue weighted by molar-refractivity contribution is -0.469. The summed E-state index contributed by atoms with van der Waals surface area (Å²) >= 11 is 6.46. The van der Waals surface area contributed by atoms with E-state index < -0.39 is 0 Å². The monoisotopic (exact) mass is 672 g/mol. The summed E-state index contributed by atoms with van der Waals surface area (Å²) in [5.74, 6) is 0.709. The van der Waals surface area contributed by atoms with Crippen LogP contribution in [0.2, 0.25) is 5.02 Å². The fourth-order valence-corrected chi connectivity index (χ4v) is 6.08. The summed E-state index contributed by atoms with van der Waals surface area (Å²) in [5, 5.41) is 0.615. The first-order valence-corrected chi connectivity index (χ1v) is 16.7. The van der Waals surface area contributed by atoms with Gasteiger partial charge in [0.25, 0.3) is 0 Å². The normalized spacial score (nSPS) is 16.0. The van der Waals surface area contributed by atoms with Gasteiger partial charge < -0.3 is 26.6 Å². The number of hydrogen-bond donors (Lipinski definition) is 1. The Balaban J connectivity index is 0.00000645. The molecule has 1 aliphatic rings. The highest BCUT2D eigenvalue weighted by atomic mass is 79.9. The molecule has 6 heteroatoms. The van der Waals surface area contributed by atoms with Gasteiger partial charge in [0.1, 0.15) is 12.3 Å². The topological polar surface area (TPSA) is 43.5 Å². The maximum atomic E-state index is 12.6. The van der Waals surface area contributed by atoms with Gasteiger partial charge in [-0.05, 0) is 62.1 Å². The largest absolute Gasteiger partial charge is 1.00 e. The molecule has 1 amide bonds. The van der Waals surface area contributed by atoms with Crippen molar-refractivity contribution in [2.45, 2.75) is 118 Å². The van der Waals surface area contributed by atoms with Crippen molar-refractivity contribution in [3.63, 3.8) is 0 Å². The predicted octanol–water partition coefficient (Wildman–Crippen LogP) is 5.64. The number of benzene rings is 2. The maximum Gasteiger partial charge on any atom is 0.224 e. The van der Waals surface area contributed by atoms with E-state index in [0.29, 0.717) is 23.9 Å². The number of nitrogens with one attached hydrogen (secondary N) is 1. The number of allylic oxidation sites excluding steroid dienone is 1. The van der Waals surface area contributed by atoms with Crippen molar-refractivity contribution in [2.24, 2.45) is 5.41 Å². The minimum atomic E-state index is 0. The van der Waals surface area contributed by atoms with Crippen LogP contribution in [0.4, 0.5) is 5.69 Å². The summed E-state index contributed by atoms with van der Waals surface area (Å²) in [7, 11) is 0. The van der Waals surface area contributed by atoms with E-state index in [1.807, 2.05) is 23.1 Å². The molecule has 0 aliphatic carbocycles. The van der Waals surface area contributed by atoms with Gasteiger partial charge in [0.15, 0.2) is 6.21 Å². The molecule has 0 saturated heterocycles. The lowest BCUT2D eigenvalue weighted by Gasteiger charge is -2.25. The molecule has 0 bridgehead atoms. The SMILES string of the molecule is CCCCCCCCCCCCCCOc1cc(CN(C(C)=O)c2ccc(CC3(C)C=C(C)C=[NH+]C3)cc2)ccc1Cl.[Br-]. The van der Waals surface area contributed by atoms with E-state index in [-0.39, 0.29) is 28.3 Å². The van der Waals surface area contributed by atoms with E-state index >= 15 is 0 Å². The van der Waals surface area contributed by atoms with Crippen LogP contribution in [0, 0.1) is 5.41 Å². The molecule has 2 aromatic rings. The minimum absolute atomic E-state index is 0. The molecule has 0 spiro atoms. The molecule has 0 aromatic heterocycles. The highest BCUT2D eigenvalue weighted by Gasteiger charge is 2.27. The first-order chi connectivity index (χ1) is 20.3. The molecule has 1 heterocycles. The van der Waals surface area contributed by atoms with Crippen molar-refractivity contribution >= 4 is 29.4 Å². The number of carbonyl (C=O) groups is 1. The van der Waals surface area contributed by atoms with Gasteiger partial charge in [-0.1, -0.05) is 113 Å². The number of ether oxygens (including phenoxy) is 1. The average Bonchev–Trinajstić information content (AvgIpc) is 2.95. The minimum Gasteiger partial charge on any atom is -1.00 e. The second kappa shape index (κ2) is 20.0. The Kier molecular flexibility index (Phi) is 17.3. The fourth-order valence-electron chi connectivity index (χ4n) is 5.91. The quantitative estimate of drug-likeness (QED) is 0.196. The number of anilines is 1.